The molecule has 1 heterocycles. The number of rotatable bonds is 3. The van der Waals surface area contributed by atoms with Gasteiger partial charge in [-0.15, -0.1) is 0 Å². The van der Waals surface area contributed by atoms with Crippen molar-refractivity contribution >= 4 is 16.6 Å². The van der Waals surface area contributed by atoms with Gasteiger partial charge in [0.15, 0.2) is 17.5 Å². The predicted octanol–water partition coefficient (Wildman–Crippen LogP) is 2.95. The van der Waals surface area contributed by atoms with Crippen molar-refractivity contribution in [2.45, 2.75) is 6.54 Å². The average molecular weight is 305 g/mol. The first-order chi connectivity index (χ1) is 10.6. The highest BCUT2D eigenvalue weighted by molar-refractivity contribution is 5.77. The second-order valence-corrected chi connectivity index (χ2v) is 4.61. The fourth-order valence-corrected chi connectivity index (χ4v) is 2.06. The monoisotopic (exact) mass is 305 g/mol. The number of anilines is 1. The zero-order valence-electron chi connectivity index (χ0n) is 11.2. The molecule has 3 aromatic rings. The summed E-state index contributed by atoms with van der Waals surface area (Å²) in [5.74, 6) is -3.87. The standard InChI is InChI=1S/C15H10F3N3O/c16-9-5-6-11(14(18)13(9)17)19-7-12-20-10-4-2-1-3-8(10)15(22)21-12/h1-6,19H,7H2,(H,20,21,22). The smallest absolute Gasteiger partial charge is 0.258 e. The van der Waals surface area contributed by atoms with E-state index in [-0.39, 0.29) is 23.6 Å². The maximum absolute atomic E-state index is 13.5. The minimum absolute atomic E-state index is 0.0396. The van der Waals surface area contributed by atoms with Crippen molar-refractivity contribution in [3.63, 3.8) is 0 Å². The molecule has 0 saturated carbocycles. The van der Waals surface area contributed by atoms with E-state index in [0.717, 1.165) is 12.1 Å². The summed E-state index contributed by atoms with van der Waals surface area (Å²) in [5.41, 5.74) is -0.0447. The Balaban J connectivity index is 1.88. The molecule has 22 heavy (non-hydrogen) atoms. The Morgan fingerprint density at radius 2 is 1.82 bits per heavy atom. The molecule has 0 aliphatic heterocycles. The number of nitrogens with one attached hydrogen (secondary N) is 2. The summed E-state index contributed by atoms with van der Waals surface area (Å²) in [5, 5.41) is 3.01. The molecule has 0 aliphatic rings. The average Bonchev–Trinajstić information content (AvgIpc) is 2.52. The van der Waals surface area contributed by atoms with Gasteiger partial charge in [0.2, 0.25) is 0 Å². The van der Waals surface area contributed by atoms with E-state index >= 15 is 0 Å². The van der Waals surface area contributed by atoms with Crippen molar-refractivity contribution in [1.82, 2.24) is 9.97 Å². The van der Waals surface area contributed by atoms with E-state index in [4.69, 9.17) is 0 Å². The molecule has 112 valence electrons. The number of fused-ring (bicyclic) bond motifs is 1. The second-order valence-electron chi connectivity index (χ2n) is 4.61. The van der Waals surface area contributed by atoms with Crippen LogP contribution < -0.4 is 10.9 Å². The summed E-state index contributed by atoms with van der Waals surface area (Å²) < 4.78 is 39.5. The molecule has 3 rings (SSSR count). The van der Waals surface area contributed by atoms with Gasteiger partial charge in [-0.05, 0) is 24.3 Å². The maximum Gasteiger partial charge on any atom is 0.258 e. The van der Waals surface area contributed by atoms with Crippen LogP contribution in [-0.4, -0.2) is 9.97 Å². The highest BCUT2D eigenvalue weighted by Crippen LogP contribution is 2.20. The second kappa shape index (κ2) is 5.51. The van der Waals surface area contributed by atoms with Gasteiger partial charge >= 0.3 is 0 Å². The number of hydrogen-bond acceptors (Lipinski definition) is 3. The first-order valence-corrected chi connectivity index (χ1v) is 6.41. The molecule has 0 atom stereocenters. The van der Waals surface area contributed by atoms with Crippen molar-refractivity contribution in [2.75, 3.05) is 5.32 Å². The molecule has 0 radical (unpaired) electrons. The van der Waals surface area contributed by atoms with Gasteiger partial charge in [-0.1, -0.05) is 12.1 Å². The SMILES string of the molecule is O=c1[nH]c(CNc2ccc(F)c(F)c2F)nc2ccccc12. The molecule has 0 fully saturated rings. The fraction of sp³-hybridized carbons (Fsp3) is 0.0667. The molecule has 1 aromatic heterocycles. The Labute approximate surface area is 122 Å². The van der Waals surface area contributed by atoms with Gasteiger partial charge in [-0.3, -0.25) is 4.79 Å². The summed E-state index contributed by atoms with van der Waals surface area (Å²) in [6.07, 6.45) is 0. The van der Waals surface area contributed by atoms with E-state index < -0.39 is 17.5 Å². The van der Waals surface area contributed by atoms with Crippen LogP contribution in [0.15, 0.2) is 41.2 Å². The Bertz CT molecular complexity index is 908. The fourth-order valence-electron chi connectivity index (χ4n) is 2.06. The van der Waals surface area contributed by atoms with Gasteiger partial charge in [-0.2, -0.15) is 0 Å². The molecule has 0 spiro atoms. The molecule has 0 unspecified atom stereocenters. The topological polar surface area (TPSA) is 57.8 Å². The van der Waals surface area contributed by atoms with Crippen LogP contribution in [0.1, 0.15) is 5.82 Å². The van der Waals surface area contributed by atoms with Gasteiger partial charge in [0, 0.05) is 0 Å². The van der Waals surface area contributed by atoms with Gasteiger partial charge in [0.1, 0.15) is 5.82 Å². The van der Waals surface area contributed by atoms with Gasteiger partial charge < -0.3 is 10.3 Å². The van der Waals surface area contributed by atoms with Crippen LogP contribution in [0.5, 0.6) is 0 Å². The van der Waals surface area contributed by atoms with E-state index in [1.54, 1.807) is 24.3 Å². The number of hydrogen-bond donors (Lipinski definition) is 2. The molecule has 2 aromatic carbocycles. The van der Waals surface area contributed by atoms with Crippen molar-refractivity contribution in [2.24, 2.45) is 0 Å². The minimum Gasteiger partial charge on any atom is -0.375 e. The lowest BCUT2D eigenvalue weighted by Crippen LogP contribution is -2.15. The molecular weight excluding hydrogens is 295 g/mol. The number of aromatic nitrogens is 2. The van der Waals surface area contributed by atoms with E-state index in [9.17, 15) is 18.0 Å². The van der Waals surface area contributed by atoms with Crippen molar-refractivity contribution < 1.29 is 13.2 Å². The molecule has 0 amide bonds. The Hall–Kier alpha value is -2.83. The van der Waals surface area contributed by atoms with Crippen LogP contribution in [0.3, 0.4) is 0 Å². The summed E-state index contributed by atoms with van der Waals surface area (Å²) in [6, 6.07) is 8.65. The number of H-pyrrole nitrogens is 1. The van der Waals surface area contributed by atoms with Gasteiger partial charge in [-0.25, -0.2) is 18.2 Å². The maximum atomic E-state index is 13.5. The van der Waals surface area contributed by atoms with Crippen molar-refractivity contribution in [1.29, 1.82) is 0 Å². The number of halogens is 3. The molecule has 0 aliphatic carbocycles. The van der Waals surface area contributed by atoms with Crippen LogP contribution in [-0.2, 0) is 6.54 Å². The zero-order valence-corrected chi connectivity index (χ0v) is 11.2. The Morgan fingerprint density at radius 3 is 2.64 bits per heavy atom. The number of nitrogens with zero attached hydrogens (tertiary/aromatic N) is 1. The highest BCUT2D eigenvalue weighted by Gasteiger charge is 2.13. The Morgan fingerprint density at radius 1 is 1.05 bits per heavy atom. The number of para-hydroxylation sites is 1. The van der Waals surface area contributed by atoms with Crippen LogP contribution >= 0.6 is 0 Å². The highest BCUT2D eigenvalue weighted by atomic mass is 19.2. The minimum atomic E-state index is -1.55. The van der Waals surface area contributed by atoms with E-state index in [0.29, 0.717) is 10.9 Å². The lowest BCUT2D eigenvalue weighted by molar-refractivity contribution is 0.449. The molecule has 0 saturated heterocycles. The first-order valence-electron chi connectivity index (χ1n) is 6.41. The third-order valence-electron chi connectivity index (χ3n) is 3.14. The zero-order chi connectivity index (χ0) is 15.7. The molecule has 2 N–H and O–H groups in total. The summed E-state index contributed by atoms with van der Waals surface area (Å²) in [4.78, 5) is 18.6. The summed E-state index contributed by atoms with van der Waals surface area (Å²) in [7, 11) is 0. The van der Waals surface area contributed by atoms with E-state index in [1.165, 1.54) is 0 Å². The lowest BCUT2D eigenvalue weighted by Gasteiger charge is -2.08. The number of aromatic amines is 1. The summed E-state index contributed by atoms with van der Waals surface area (Å²) in [6.45, 7) is -0.0396. The van der Waals surface area contributed by atoms with Crippen molar-refractivity contribution in [3.8, 4) is 0 Å². The molecule has 0 bridgehead atoms. The van der Waals surface area contributed by atoms with Gasteiger partial charge in [0.25, 0.3) is 5.56 Å². The lowest BCUT2D eigenvalue weighted by atomic mass is 10.2. The van der Waals surface area contributed by atoms with Gasteiger partial charge in [0.05, 0.1) is 23.1 Å². The molecule has 7 heteroatoms. The van der Waals surface area contributed by atoms with Crippen LogP contribution in [0.25, 0.3) is 10.9 Å². The normalized spacial score (nSPS) is 10.9. The first kappa shape index (κ1) is 14.1. The third-order valence-corrected chi connectivity index (χ3v) is 3.14. The van der Waals surface area contributed by atoms with Crippen molar-refractivity contribution in [3.05, 3.63) is 70.0 Å². The molecular formula is C15H10F3N3O. The number of benzene rings is 2. The molecule has 4 nitrogen and oxygen atoms in total. The van der Waals surface area contributed by atoms with Crippen LogP contribution in [0.2, 0.25) is 0 Å². The quantitative estimate of drug-likeness (QED) is 0.731. The predicted molar refractivity (Wildman–Crippen MR) is 76.0 cm³/mol. The van der Waals surface area contributed by atoms with Crippen LogP contribution in [0, 0.1) is 17.5 Å². The van der Waals surface area contributed by atoms with Crippen LogP contribution in [0.4, 0.5) is 18.9 Å². The third kappa shape index (κ3) is 2.52. The largest absolute Gasteiger partial charge is 0.375 e. The van der Waals surface area contributed by atoms with E-state index in [2.05, 4.69) is 15.3 Å². The summed E-state index contributed by atoms with van der Waals surface area (Å²) >= 11 is 0. The van der Waals surface area contributed by atoms with E-state index in [1.807, 2.05) is 0 Å². The Kier molecular flexibility index (Phi) is 3.54.